The molecular weight excluding hydrogens is 262 g/mol. The van der Waals surface area contributed by atoms with Crippen molar-refractivity contribution in [1.82, 2.24) is 20.4 Å². The van der Waals surface area contributed by atoms with Crippen LogP contribution in [0.5, 0.6) is 0 Å². The molecule has 7 nitrogen and oxygen atoms in total. The zero-order chi connectivity index (χ0) is 12.3. The van der Waals surface area contributed by atoms with Crippen LogP contribution in [0.3, 0.4) is 0 Å². The zero-order valence-corrected chi connectivity index (χ0v) is 10.8. The summed E-state index contributed by atoms with van der Waals surface area (Å²) in [7, 11) is 0. The molecule has 0 fully saturated rings. The summed E-state index contributed by atoms with van der Waals surface area (Å²) in [6.45, 7) is 3.16. The smallest absolute Gasteiger partial charge is 0.226 e. The van der Waals surface area contributed by atoms with E-state index in [9.17, 15) is 4.79 Å². The topological polar surface area (TPSA) is 93.8 Å². The fourth-order valence-corrected chi connectivity index (χ4v) is 2.62. The summed E-state index contributed by atoms with van der Waals surface area (Å²) in [6.07, 6.45) is 0. The van der Waals surface area contributed by atoms with Gasteiger partial charge in [0.25, 0.3) is 0 Å². The number of aryl methyl sites for hydroxylation is 1. The molecule has 0 aliphatic carbocycles. The van der Waals surface area contributed by atoms with Gasteiger partial charge in [-0.2, -0.15) is 0 Å². The van der Waals surface area contributed by atoms with Gasteiger partial charge in [0.05, 0.1) is 5.75 Å². The summed E-state index contributed by atoms with van der Waals surface area (Å²) in [5, 5.41) is 18.4. The van der Waals surface area contributed by atoms with E-state index >= 15 is 0 Å². The normalized spacial score (nSPS) is 10.5. The van der Waals surface area contributed by atoms with Crippen molar-refractivity contribution in [3.8, 4) is 0 Å². The molecule has 0 saturated carbocycles. The summed E-state index contributed by atoms with van der Waals surface area (Å²) in [5.74, 6) is 1.46. The maximum Gasteiger partial charge on any atom is 0.226 e. The first-order valence-electron chi connectivity index (χ1n) is 4.66. The van der Waals surface area contributed by atoms with Gasteiger partial charge < -0.3 is 9.73 Å². The van der Waals surface area contributed by atoms with Gasteiger partial charge in [-0.1, -0.05) is 23.1 Å². The number of aromatic nitrogens is 4. The third-order valence-electron chi connectivity index (χ3n) is 1.58. The van der Waals surface area contributed by atoms with Gasteiger partial charge in [-0.05, 0) is 0 Å². The molecule has 2 heterocycles. The molecule has 0 spiro atoms. The lowest BCUT2D eigenvalue weighted by Crippen LogP contribution is -2.04. The first-order valence-corrected chi connectivity index (χ1v) is 6.46. The molecule has 0 bridgehead atoms. The van der Waals surface area contributed by atoms with Crippen LogP contribution >= 0.6 is 23.1 Å². The number of rotatable bonds is 4. The molecule has 0 aromatic carbocycles. The predicted octanol–water partition coefficient (Wildman–Crippen LogP) is 1.48. The van der Waals surface area contributed by atoms with Gasteiger partial charge in [0.15, 0.2) is 4.34 Å². The van der Waals surface area contributed by atoms with Crippen molar-refractivity contribution >= 4 is 34.1 Å². The average molecular weight is 271 g/mol. The molecule has 0 radical (unpaired) electrons. The lowest BCUT2D eigenvalue weighted by atomic mass is 10.7. The molecule has 1 N–H and O–H groups in total. The van der Waals surface area contributed by atoms with Crippen molar-refractivity contribution in [3.05, 3.63) is 11.8 Å². The van der Waals surface area contributed by atoms with Crippen LogP contribution in [0.2, 0.25) is 0 Å². The van der Waals surface area contributed by atoms with E-state index in [0.717, 1.165) is 4.34 Å². The van der Waals surface area contributed by atoms with E-state index in [1.165, 1.54) is 30.0 Å². The van der Waals surface area contributed by atoms with Crippen LogP contribution in [-0.2, 0) is 10.5 Å². The van der Waals surface area contributed by atoms with Crippen molar-refractivity contribution in [2.45, 2.75) is 23.9 Å². The maximum atomic E-state index is 10.8. The summed E-state index contributed by atoms with van der Waals surface area (Å²) in [5.41, 5.74) is 0. The summed E-state index contributed by atoms with van der Waals surface area (Å²) in [6, 6.07) is 0. The number of thioether (sulfide) groups is 1. The Bertz CT molecular complexity index is 523. The zero-order valence-electron chi connectivity index (χ0n) is 9.13. The Balaban J connectivity index is 1.91. The van der Waals surface area contributed by atoms with Gasteiger partial charge in [-0.15, -0.1) is 20.4 Å². The molecule has 0 unspecified atom stereocenters. The highest BCUT2D eigenvalue weighted by Crippen LogP contribution is 2.27. The van der Waals surface area contributed by atoms with E-state index in [2.05, 4.69) is 25.7 Å². The molecule has 2 rings (SSSR count). The summed E-state index contributed by atoms with van der Waals surface area (Å²) < 4.78 is 5.96. The Morgan fingerprint density at radius 3 is 2.88 bits per heavy atom. The molecule has 0 atom stereocenters. The highest BCUT2D eigenvalue weighted by molar-refractivity contribution is 8.00. The number of nitrogens with one attached hydrogen (secondary N) is 1. The minimum atomic E-state index is -0.162. The van der Waals surface area contributed by atoms with E-state index in [1.807, 2.05) is 0 Å². The van der Waals surface area contributed by atoms with Crippen LogP contribution in [-0.4, -0.2) is 26.3 Å². The molecule has 9 heteroatoms. The third-order valence-corrected chi connectivity index (χ3v) is 3.53. The lowest BCUT2D eigenvalue weighted by Gasteiger charge is -1.91. The van der Waals surface area contributed by atoms with E-state index < -0.39 is 0 Å². The number of carbonyl (C=O) groups is 1. The fourth-order valence-electron chi connectivity index (χ4n) is 0.989. The van der Waals surface area contributed by atoms with Gasteiger partial charge in [0.1, 0.15) is 0 Å². The van der Waals surface area contributed by atoms with Gasteiger partial charge >= 0.3 is 0 Å². The van der Waals surface area contributed by atoms with Gasteiger partial charge in [0.2, 0.25) is 22.8 Å². The molecule has 2 aromatic rings. The number of hydrogen-bond acceptors (Lipinski definition) is 8. The summed E-state index contributed by atoms with van der Waals surface area (Å²) >= 11 is 2.74. The first kappa shape index (κ1) is 12.0. The van der Waals surface area contributed by atoms with Gasteiger partial charge in [-0.3, -0.25) is 4.79 Å². The molecule has 17 heavy (non-hydrogen) atoms. The van der Waals surface area contributed by atoms with Crippen LogP contribution < -0.4 is 5.32 Å². The van der Waals surface area contributed by atoms with Crippen LogP contribution in [0.15, 0.2) is 8.76 Å². The van der Waals surface area contributed by atoms with E-state index in [-0.39, 0.29) is 5.91 Å². The van der Waals surface area contributed by atoms with Gasteiger partial charge in [0, 0.05) is 13.8 Å². The fraction of sp³-hybridized carbons (Fsp3) is 0.375. The Labute approximate surface area is 105 Å². The second-order valence-electron chi connectivity index (χ2n) is 3.06. The van der Waals surface area contributed by atoms with Gasteiger partial charge in [-0.25, -0.2) is 0 Å². The Kier molecular flexibility index (Phi) is 3.69. The average Bonchev–Trinajstić information content (AvgIpc) is 2.84. The largest absolute Gasteiger partial charge is 0.425 e. The molecule has 2 aromatic heterocycles. The second-order valence-corrected chi connectivity index (χ2v) is 5.26. The lowest BCUT2D eigenvalue weighted by molar-refractivity contribution is -0.114. The minimum Gasteiger partial charge on any atom is -0.425 e. The van der Waals surface area contributed by atoms with Crippen LogP contribution in [0.1, 0.15) is 18.7 Å². The SMILES string of the molecule is CC(=O)Nc1nnc(SCc2nnc(C)o2)s1. The number of carbonyl (C=O) groups excluding carboxylic acids is 1. The highest BCUT2D eigenvalue weighted by Gasteiger charge is 2.08. The van der Waals surface area contributed by atoms with E-state index in [4.69, 9.17) is 4.42 Å². The van der Waals surface area contributed by atoms with Crippen molar-refractivity contribution in [2.24, 2.45) is 0 Å². The second kappa shape index (κ2) is 5.23. The Morgan fingerprint density at radius 2 is 2.24 bits per heavy atom. The monoisotopic (exact) mass is 271 g/mol. The molecule has 0 aliphatic rings. The highest BCUT2D eigenvalue weighted by atomic mass is 32.2. The Morgan fingerprint density at radius 1 is 1.41 bits per heavy atom. The third kappa shape index (κ3) is 3.49. The number of nitrogens with zero attached hydrogens (tertiary/aromatic N) is 4. The number of hydrogen-bond donors (Lipinski definition) is 1. The standard InChI is InChI=1S/C8H9N5O2S2/c1-4(14)9-7-12-13-8(17-7)16-3-6-11-10-5(2)15-6/h3H2,1-2H3,(H,9,12,14). The Hall–Kier alpha value is -1.48. The van der Waals surface area contributed by atoms with E-state index in [1.54, 1.807) is 6.92 Å². The quantitative estimate of drug-likeness (QED) is 0.664. The predicted molar refractivity (Wildman–Crippen MR) is 62.8 cm³/mol. The van der Waals surface area contributed by atoms with Crippen molar-refractivity contribution < 1.29 is 9.21 Å². The maximum absolute atomic E-state index is 10.8. The van der Waals surface area contributed by atoms with Crippen LogP contribution in [0.4, 0.5) is 5.13 Å². The number of anilines is 1. The molecule has 0 aliphatic heterocycles. The minimum absolute atomic E-state index is 0.162. The van der Waals surface area contributed by atoms with E-state index in [0.29, 0.717) is 22.7 Å². The molecular formula is C8H9N5O2S2. The van der Waals surface area contributed by atoms with Crippen LogP contribution in [0.25, 0.3) is 0 Å². The molecule has 90 valence electrons. The van der Waals surface area contributed by atoms with Crippen LogP contribution in [0, 0.1) is 6.92 Å². The first-order chi connectivity index (χ1) is 8.13. The molecule has 0 saturated heterocycles. The number of amides is 1. The molecule has 1 amide bonds. The van der Waals surface area contributed by atoms with Crippen molar-refractivity contribution in [2.75, 3.05) is 5.32 Å². The van der Waals surface area contributed by atoms with Crippen molar-refractivity contribution in [3.63, 3.8) is 0 Å². The van der Waals surface area contributed by atoms with Crippen molar-refractivity contribution in [1.29, 1.82) is 0 Å². The summed E-state index contributed by atoms with van der Waals surface area (Å²) in [4.78, 5) is 10.8.